The van der Waals surface area contributed by atoms with Gasteiger partial charge in [0.15, 0.2) is 0 Å². The monoisotopic (exact) mass is 411 g/mol. The zero-order valence-electron chi connectivity index (χ0n) is 16.3. The number of rotatable bonds is 6. The smallest absolute Gasteiger partial charge is 0.263 e. The summed E-state index contributed by atoms with van der Waals surface area (Å²) in [6, 6.07) is 15.2. The topological polar surface area (TPSA) is 78.8 Å². The fraction of sp³-hybridized carbons (Fsp3) is 0.364. The van der Waals surface area contributed by atoms with Crippen molar-refractivity contribution in [3.63, 3.8) is 0 Å². The molecule has 6 nitrogen and oxygen atoms in total. The van der Waals surface area contributed by atoms with E-state index in [1.165, 1.54) is 11.1 Å². The van der Waals surface area contributed by atoms with Gasteiger partial charge in [-0.25, -0.2) is 8.42 Å². The lowest BCUT2D eigenvalue weighted by atomic mass is 9.99. The van der Waals surface area contributed by atoms with Crippen LogP contribution in [0, 0.1) is 0 Å². The molecule has 152 valence electrons. The standard InChI is InChI=1S/C22H25N3O3S/c26-21(25-15-13-17-8-3-4-9-18(17)16-25)12-2-1-7-14-23-22-19-10-5-6-11-20(19)29(27,28)24-22/h3-6,8-11H,1-2,7,12-16H2,(H,23,24). The first-order chi connectivity index (χ1) is 14.0. The summed E-state index contributed by atoms with van der Waals surface area (Å²) in [7, 11) is -3.48. The number of unbranched alkanes of at least 4 members (excludes halogenated alkanes) is 2. The zero-order chi connectivity index (χ0) is 20.3. The highest BCUT2D eigenvalue weighted by Crippen LogP contribution is 2.22. The van der Waals surface area contributed by atoms with Gasteiger partial charge in [-0.15, -0.1) is 0 Å². The van der Waals surface area contributed by atoms with Crippen LogP contribution < -0.4 is 4.72 Å². The number of amidine groups is 1. The predicted molar refractivity (Wildman–Crippen MR) is 112 cm³/mol. The number of benzene rings is 2. The summed E-state index contributed by atoms with van der Waals surface area (Å²) in [4.78, 5) is 19.1. The van der Waals surface area contributed by atoms with Gasteiger partial charge in [0.25, 0.3) is 10.0 Å². The first-order valence-electron chi connectivity index (χ1n) is 10.1. The van der Waals surface area contributed by atoms with Crippen molar-refractivity contribution in [2.24, 2.45) is 4.99 Å². The molecule has 0 bridgehead atoms. The lowest BCUT2D eigenvalue weighted by Gasteiger charge is -2.29. The predicted octanol–water partition coefficient (Wildman–Crippen LogP) is 2.87. The van der Waals surface area contributed by atoms with Crippen LogP contribution in [0.2, 0.25) is 0 Å². The van der Waals surface area contributed by atoms with Crippen LogP contribution in [0.15, 0.2) is 58.4 Å². The van der Waals surface area contributed by atoms with Crippen molar-refractivity contribution in [3.05, 3.63) is 65.2 Å². The van der Waals surface area contributed by atoms with Crippen LogP contribution in [0.1, 0.15) is 42.4 Å². The van der Waals surface area contributed by atoms with Gasteiger partial charge < -0.3 is 4.90 Å². The molecule has 7 heteroatoms. The van der Waals surface area contributed by atoms with Crippen molar-refractivity contribution in [3.8, 4) is 0 Å². The second-order valence-corrected chi connectivity index (χ2v) is 9.13. The lowest BCUT2D eigenvalue weighted by Crippen LogP contribution is -2.35. The molecule has 4 rings (SSSR count). The summed E-state index contributed by atoms with van der Waals surface area (Å²) in [6.45, 7) is 2.04. The molecular weight excluding hydrogens is 386 g/mol. The minimum absolute atomic E-state index is 0.211. The van der Waals surface area contributed by atoms with Gasteiger partial charge in [0, 0.05) is 31.6 Å². The van der Waals surface area contributed by atoms with Crippen molar-refractivity contribution < 1.29 is 13.2 Å². The largest absolute Gasteiger partial charge is 0.338 e. The minimum Gasteiger partial charge on any atom is -0.338 e. The molecule has 29 heavy (non-hydrogen) atoms. The number of hydrogen-bond donors (Lipinski definition) is 1. The van der Waals surface area contributed by atoms with Gasteiger partial charge in [-0.05, 0) is 42.5 Å². The number of nitrogens with one attached hydrogen (secondary N) is 1. The van der Waals surface area contributed by atoms with Crippen LogP contribution in [0.25, 0.3) is 0 Å². The SMILES string of the molecule is O=C(CCCCCN=C1NS(=O)(=O)c2ccccc21)N1CCc2ccccc2C1. The highest BCUT2D eigenvalue weighted by Gasteiger charge is 2.29. The Morgan fingerprint density at radius 1 is 1.00 bits per heavy atom. The summed E-state index contributed by atoms with van der Waals surface area (Å²) in [5.41, 5.74) is 3.23. The molecule has 2 heterocycles. The Morgan fingerprint density at radius 3 is 2.62 bits per heavy atom. The first-order valence-corrected chi connectivity index (χ1v) is 11.5. The summed E-state index contributed by atoms with van der Waals surface area (Å²) in [5.74, 6) is 0.631. The number of sulfonamides is 1. The van der Waals surface area contributed by atoms with Crippen molar-refractivity contribution in [2.75, 3.05) is 13.1 Å². The van der Waals surface area contributed by atoms with Crippen molar-refractivity contribution in [1.82, 2.24) is 9.62 Å². The van der Waals surface area contributed by atoms with E-state index in [1.54, 1.807) is 18.2 Å². The molecule has 0 aliphatic carbocycles. The molecular formula is C22H25N3O3S. The van der Waals surface area contributed by atoms with Gasteiger partial charge in [-0.1, -0.05) is 42.8 Å². The van der Waals surface area contributed by atoms with E-state index in [2.05, 4.69) is 27.9 Å². The van der Waals surface area contributed by atoms with Crippen molar-refractivity contribution in [1.29, 1.82) is 0 Å². The number of nitrogens with zero attached hydrogens (tertiary/aromatic N) is 2. The molecule has 0 aromatic heterocycles. The van der Waals surface area contributed by atoms with Crippen LogP contribution in [-0.2, 0) is 27.8 Å². The third kappa shape index (κ3) is 4.34. The quantitative estimate of drug-likeness (QED) is 0.743. The summed E-state index contributed by atoms with van der Waals surface area (Å²) < 4.78 is 26.7. The Kier molecular flexibility index (Phi) is 5.67. The Balaban J connectivity index is 1.21. The molecule has 0 fully saturated rings. The maximum absolute atomic E-state index is 12.5. The molecule has 1 amide bonds. The zero-order valence-corrected chi connectivity index (χ0v) is 17.1. The molecule has 2 aliphatic rings. The van der Waals surface area contributed by atoms with Gasteiger partial charge >= 0.3 is 0 Å². The maximum atomic E-state index is 12.5. The number of carbonyl (C=O) groups is 1. The van der Waals surface area contributed by atoms with Crippen LogP contribution in [0.5, 0.6) is 0 Å². The summed E-state index contributed by atoms with van der Waals surface area (Å²) in [6.07, 6.45) is 4.01. The molecule has 0 saturated heterocycles. The van der Waals surface area contributed by atoms with E-state index in [4.69, 9.17) is 0 Å². The fourth-order valence-corrected chi connectivity index (χ4v) is 5.12. The van der Waals surface area contributed by atoms with Crippen LogP contribution in [-0.4, -0.2) is 38.2 Å². The Bertz CT molecular complexity index is 1050. The highest BCUT2D eigenvalue weighted by molar-refractivity contribution is 7.90. The first kappa shape index (κ1) is 19.6. The fourth-order valence-electron chi connectivity index (χ4n) is 3.87. The normalized spacial score (nSPS) is 18.2. The Morgan fingerprint density at radius 2 is 1.76 bits per heavy atom. The molecule has 2 aromatic rings. The van der Waals surface area contributed by atoms with E-state index in [9.17, 15) is 13.2 Å². The van der Waals surface area contributed by atoms with Crippen LogP contribution in [0.3, 0.4) is 0 Å². The number of hydrogen-bond acceptors (Lipinski definition) is 4. The van der Waals surface area contributed by atoms with Crippen LogP contribution >= 0.6 is 0 Å². The third-order valence-electron chi connectivity index (χ3n) is 5.46. The molecule has 0 saturated carbocycles. The van der Waals surface area contributed by atoms with E-state index in [-0.39, 0.29) is 10.8 Å². The van der Waals surface area contributed by atoms with Gasteiger partial charge in [0.1, 0.15) is 5.84 Å². The van der Waals surface area contributed by atoms with E-state index in [1.807, 2.05) is 17.0 Å². The van der Waals surface area contributed by atoms with E-state index in [0.717, 1.165) is 32.2 Å². The Hall–Kier alpha value is -2.67. The van der Waals surface area contributed by atoms with Gasteiger partial charge in [-0.3, -0.25) is 14.5 Å². The van der Waals surface area contributed by atoms with Crippen molar-refractivity contribution >= 4 is 21.8 Å². The average Bonchev–Trinajstić information content (AvgIpc) is 3.00. The van der Waals surface area contributed by atoms with Gasteiger partial charge in [-0.2, -0.15) is 0 Å². The molecule has 2 aromatic carbocycles. The molecule has 0 radical (unpaired) electrons. The molecule has 0 spiro atoms. The summed E-state index contributed by atoms with van der Waals surface area (Å²) in [5, 5.41) is 0. The average molecular weight is 412 g/mol. The van der Waals surface area contributed by atoms with E-state index in [0.29, 0.717) is 30.9 Å². The molecule has 0 atom stereocenters. The van der Waals surface area contributed by atoms with Gasteiger partial charge in [0.05, 0.1) is 4.90 Å². The highest BCUT2D eigenvalue weighted by atomic mass is 32.2. The number of fused-ring (bicyclic) bond motifs is 2. The van der Waals surface area contributed by atoms with Crippen molar-refractivity contribution in [2.45, 2.75) is 43.5 Å². The van der Waals surface area contributed by atoms with Gasteiger partial charge in [0.2, 0.25) is 5.91 Å². The third-order valence-corrected chi connectivity index (χ3v) is 6.86. The molecule has 1 N–H and O–H groups in total. The number of carbonyl (C=O) groups excluding carboxylic acids is 1. The Labute approximate surface area is 171 Å². The lowest BCUT2D eigenvalue weighted by molar-refractivity contribution is -0.132. The van der Waals surface area contributed by atoms with E-state index < -0.39 is 10.0 Å². The van der Waals surface area contributed by atoms with E-state index >= 15 is 0 Å². The molecule has 2 aliphatic heterocycles. The molecule has 0 unspecified atom stereocenters. The minimum atomic E-state index is -3.48. The second kappa shape index (κ2) is 8.37. The summed E-state index contributed by atoms with van der Waals surface area (Å²) >= 11 is 0. The van der Waals surface area contributed by atoms with Crippen LogP contribution in [0.4, 0.5) is 0 Å². The number of aliphatic imine (C=N–C) groups is 1. The number of amides is 1. The second-order valence-electron chi connectivity index (χ2n) is 7.48. The maximum Gasteiger partial charge on any atom is 0.263 e.